The maximum Gasteiger partial charge on any atom is 0.264 e. The molecule has 0 spiro atoms. The molecular weight excluding hydrogens is 445 g/mol. The van der Waals surface area contributed by atoms with Crippen LogP contribution in [-0.4, -0.2) is 16.8 Å². The summed E-state index contributed by atoms with van der Waals surface area (Å²) >= 11 is 4.57. The van der Waals surface area contributed by atoms with Crippen molar-refractivity contribution in [2.45, 2.75) is 18.6 Å². The molecule has 4 rings (SSSR count). The quantitative estimate of drug-likeness (QED) is 0.564. The Morgan fingerprint density at radius 1 is 1.14 bits per heavy atom. The molecule has 2 heterocycles. The van der Waals surface area contributed by atoms with E-state index in [1.165, 1.54) is 28.4 Å². The van der Waals surface area contributed by atoms with Gasteiger partial charge in [-0.05, 0) is 51.8 Å². The number of carbonyl (C=O) groups excluding carboxylic acids is 2. The number of rotatable bonds is 5. The SMILES string of the molecule is O=C(C[C@@]1(O)C(=O)N(Cc2cccc(F)c2)c2ccccc21)c1ccc(Br)s1. The van der Waals surface area contributed by atoms with Crippen LogP contribution in [0.15, 0.2) is 64.5 Å². The van der Waals surface area contributed by atoms with Gasteiger partial charge in [-0.15, -0.1) is 11.3 Å². The van der Waals surface area contributed by atoms with Gasteiger partial charge < -0.3 is 10.0 Å². The second-order valence-corrected chi connectivity index (χ2v) is 9.07. The van der Waals surface area contributed by atoms with Crippen LogP contribution in [0, 0.1) is 5.82 Å². The van der Waals surface area contributed by atoms with Crippen molar-refractivity contribution in [3.63, 3.8) is 0 Å². The Hall–Kier alpha value is -2.35. The molecule has 0 aliphatic carbocycles. The van der Waals surface area contributed by atoms with Gasteiger partial charge in [-0.2, -0.15) is 0 Å². The van der Waals surface area contributed by atoms with Gasteiger partial charge in [0.25, 0.3) is 5.91 Å². The lowest BCUT2D eigenvalue weighted by molar-refractivity contribution is -0.136. The highest BCUT2D eigenvalue weighted by atomic mass is 79.9. The maximum absolute atomic E-state index is 13.5. The summed E-state index contributed by atoms with van der Waals surface area (Å²) in [6.45, 7) is 0.106. The van der Waals surface area contributed by atoms with E-state index in [0.29, 0.717) is 21.7 Å². The third kappa shape index (κ3) is 3.30. The average Bonchev–Trinajstić information content (AvgIpc) is 3.19. The molecule has 0 unspecified atom stereocenters. The minimum Gasteiger partial charge on any atom is -0.375 e. The summed E-state index contributed by atoms with van der Waals surface area (Å²) in [6.07, 6.45) is -0.352. The third-order valence-electron chi connectivity index (χ3n) is 4.73. The molecule has 0 radical (unpaired) electrons. The Morgan fingerprint density at radius 3 is 2.64 bits per heavy atom. The summed E-state index contributed by atoms with van der Waals surface area (Å²) in [5, 5.41) is 11.3. The van der Waals surface area contributed by atoms with Gasteiger partial charge in [-0.1, -0.05) is 30.3 Å². The van der Waals surface area contributed by atoms with Gasteiger partial charge in [0, 0.05) is 5.56 Å². The molecule has 1 N–H and O–H groups in total. The first kappa shape index (κ1) is 19.0. The number of thiophene rings is 1. The lowest BCUT2D eigenvalue weighted by Crippen LogP contribution is -2.41. The predicted molar refractivity (Wildman–Crippen MR) is 109 cm³/mol. The van der Waals surface area contributed by atoms with E-state index < -0.39 is 17.3 Å². The van der Waals surface area contributed by atoms with E-state index >= 15 is 0 Å². The zero-order valence-corrected chi connectivity index (χ0v) is 17.0. The summed E-state index contributed by atoms with van der Waals surface area (Å²) in [6, 6.07) is 16.2. The monoisotopic (exact) mass is 459 g/mol. The Bertz CT molecular complexity index is 1080. The molecule has 1 aromatic heterocycles. The Balaban J connectivity index is 1.68. The molecular formula is C21H15BrFNO3S. The minimum atomic E-state index is -1.95. The van der Waals surface area contributed by atoms with Gasteiger partial charge >= 0.3 is 0 Å². The number of ketones is 1. The van der Waals surface area contributed by atoms with Gasteiger partial charge in [-0.25, -0.2) is 4.39 Å². The number of nitrogens with zero attached hydrogens (tertiary/aromatic N) is 1. The van der Waals surface area contributed by atoms with Crippen LogP contribution in [0.3, 0.4) is 0 Å². The van der Waals surface area contributed by atoms with Crippen LogP contribution in [-0.2, 0) is 16.9 Å². The van der Waals surface area contributed by atoms with E-state index in [1.54, 1.807) is 48.5 Å². The zero-order valence-electron chi connectivity index (χ0n) is 14.6. The van der Waals surface area contributed by atoms with Crippen molar-refractivity contribution in [2.24, 2.45) is 0 Å². The van der Waals surface area contributed by atoms with Gasteiger partial charge in [0.15, 0.2) is 11.4 Å². The maximum atomic E-state index is 13.5. The molecule has 2 aromatic carbocycles. The van der Waals surface area contributed by atoms with Crippen LogP contribution >= 0.6 is 27.3 Å². The number of amides is 1. The van der Waals surface area contributed by atoms with Crippen LogP contribution in [0.4, 0.5) is 10.1 Å². The third-order valence-corrected chi connectivity index (χ3v) is 6.40. The molecule has 0 fully saturated rings. The number of aliphatic hydroxyl groups is 1. The number of carbonyl (C=O) groups is 2. The normalized spacial score (nSPS) is 18.4. The second kappa shape index (κ2) is 7.24. The number of benzene rings is 2. The fourth-order valence-electron chi connectivity index (χ4n) is 3.44. The number of hydrogen-bond donors (Lipinski definition) is 1. The van der Waals surface area contributed by atoms with E-state index in [4.69, 9.17) is 0 Å². The minimum absolute atomic E-state index is 0.106. The lowest BCUT2D eigenvalue weighted by Gasteiger charge is -2.22. The second-order valence-electron chi connectivity index (χ2n) is 6.60. The van der Waals surface area contributed by atoms with Crippen LogP contribution in [0.2, 0.25) is 0 Å². The predicted octanol–water partition coefficient (Wildman–Crippen LogP) is 4.66. The first-order valence-electron chi connectivity index (χ1n) is 8.55. The van der Waals surface area contributed by atoms with Crippen molar-refractivity contribution in [3.8, 4) is 0 Å². The molecule has 28 heavy (non-hydrogen) atoms. The summed E-state index contributed by atoms with van der Waals surface area (Å²) in [5.41, 5.74) is -0.432. The molecule has 0 saturated carbocycles. The molecule has 3 aromatic rings. The van der Waals surface area contributed by atoms with Crippen molar-refractivity contribution < 1.29 is 19.1 Å². The number of hydrogen-bond acceptors (Lipinski definition) is 4. The van der Waals surface area contributed by atoms with Crippen molar-refractivity contribution >= 4 is 44.6 Å². The highest BCUT2D eigenvalue weighted by Crippen LogP contribution is 2.43. The molecule has 1 aliphatic rings. The standard InChI is InChI=1S/C21H15BrFNO3S/c22-19-9-8-18(28-19)17(25)11-21(27)15-6-1-2-7-16(15)24(20(21)26)12-13-4-3-5-14(23)10-13/h1-10,27H,11-12H2/t21-/m0/s1. The first-order valence-corrected chi connectivity index (χ1v) is 10.2. The molecule has 4 nitrogen and oxygen atoms in total. The highest BCUT2D eigenvalue weighted by Gasteiger charge is 2.50. The average molecular weight is 460 g/mol. The van der Waals surface area contributed by atoms with Gasteiger partial charge in [0.2, 0.25) is 0 Å². The molecule has 7 heteroatoms. The van der Waals surface area contributed by atoms with Crippen LogP contribution in [0.25, 0.3) is 0 Å². The molecule has 1 atom stereocenters. The first-order chi connectivity index (χ1) is 13.4. The molecule has 0 bridgehead atoms. The lowest BCUT2D eigenvalue weighted by atomic mass is 9.89. The molecule has 0 saturated heterocycles. The Labute approximate surface area is 173 Å². The van der Waals surface area contributed by atoms with Crippen molar-refractivity contribution in [2.75, 3.05) is 4.90 Å². The van der Waals surface area contributed by atoms with Gasteiger partial charge in [-0.3, -0.25) is 9.59 Å². The molecule has 1 aliphatic heterocycles. The Kier molecular flexibility index (Phi) is 4.91. The van der Waals surface area contributed by atoms with Crippen molar-refractivity contribution in [1.82, 2.24) is 0 Å². The van der Waals surface area contributed by atoms with Crippen LogP contribution in [0.5, 0.6) is 0 Å². The van der Waals surface area contributed by atoms with E-state index in [2.05, 4.69) is 15.9 Å². The molecule has 1 amide bonds. The number of Topliss-reactive ketones (excluding diaryl/α,β-unsaturated/α-hetero) is 1. The number of fused-ring (bicyclic) bond motifs is 1. The summed E-state index contributed by atoms with van der Waals surface area (Å²) in [5.74, 6) is -1.29. The van der Waals surface area contributed by atoms with Gasteiger partial charge in [0.1, 0.15) is 5.82 Å². The summed E-state index contributed by atoms with van der Waals surface area (Å²) in [4.78, 5) is 27.7. The van der Waals surface area contributed by atoms with Crippen molar-refractivity contribution in [3.05, 3.63) is 86.3 Å². The van der Waals surface area contributed by atoms with Gasteiger partial charge in [0.05, 0.1) is 27.3 Å². The van der Waals surface area contributed by atoms with E-state index in [0.717, 1.165) is 3.79 Å². The van der Waals surface area contributed by atoms with E-state index in [-0.39, 0.29) is 18.7 Å². The highest BCUT2D eigenvalue weighted by molar-refractivity contribution is 9.11. The zero-order chi connectivity index (χ0) is 19.9. The van der Waals surface area contributed by atoms with E-state index in [1.807, 2.05) is 0 Å². The van der Waals surface area contributed by atoms with E-state index in [9.17, 15) is 19.1 Å². The summed E-state index contributed by atoms with van der Waals surface area (Å²) < 4.78 is 14.3. The van der Waals surface area contributed by atoms with Crippen LogP contribution in [0.1, 0.15) is 27.2 Å². The summed E-state index contributed by atoms with van der Waals surface area (Å²) in [7, 11) is 0. The number of para-hydroxylation sites is 1. The largest absolute Gasteiger partial charge is 0.375 e. The number of anilines is 1. The fourth-order valence-corrected chi connectivity index (χ4v) is 4.76. The van der Waals surface area contributed by atoms with Crippen molar-refractivity contribution in [1.29, 1.82) is 0 Å². The topological polar surface area (TPSA) is 57.6 Å². The van der Waals surface area contributed by atoms with Crippen LogP contribution < -0.4 is 4.90 Å². The Morgan fingerprint density at radius 2 is 1.93 bits per heavy atom. The number of halogens is 2. The fraction of sp³-hybridized carbons (Fsp3) is 0.143. The molecule has 142 valence electrons. The smallest absolute Gasteiger partial charge is 0.264 e.